The van der Waals surface area contributed by atoms with Crippen molar-refractivity contribution >= 4 is 17.3 Å². The summed E-state index contributed by atoms with van der Waals surface area (Å²) >= 11 is 6.06. The van der Waals surface area contributed by atoms with E-state index < -0.39 is 0 Å². The van der Waals surface area contributed by atoms with Crippen LogP contribution in [0.25, 0.3) is 0 Å². The Morgan fingerprint density at radius 3 is 2.68 bits per heavy atom. The van der Waals surface area contributed by atoms with Crippen LogP contribution in [0.5, 0.6) is 0 Å². The van der Waals surface area contributed by atoms with Crippen molar-refractivity contribution in [1.29, 1.82) is 0 Å². The summed E-state index contributed by atoms with van der Waals surface area (Å²) < 4.78 is 1.24. The van der Waals surface area contributed by atoms with Crippen LogP contribution in [0.15, 0.2) is 11.0 Å². The number of nitrogens with one attached hydrogen (secondary N) is 1. The second-order valence-corrected chi connectivity index (χ2v) is 5.86. The fourth-order valence-electron chi connectivity index (χ4n) is 2.71. The summed E-state index contributed by atoms with van der Waals surface area (Å²) in [7, 11) is 5.81. The Hall–Kier alpha value is -1.07. The number of hydrogen-bond acceptors (Lipinski definition) is 4. The summed E-state index contributed by atoms with van der Waals surface area (Å²) in [6.07, 6.45) is 6.46. The second-order valence-electron chi connectivity index (χ2n) is 5.48. The van der Waals surface area contributed by atoms with Crippen LogP contribution in [0.2, 0.25) is 5.02 Å². The zero-order valence-electron chi connectivity index (χ0n) is 11.7. The summed E-state index contributed by atoms with van der Waals surface area (Å²) in [6.45, 7) is 0.786. The van der Waals surface area contributed by atoms with Crippen molar-refractivity contribution in [3.63, 3.8) is 0 Å². The van der Waals surface area contributed by atoms with Crippen molar-refractivity contribution < 1.29 is 0 Å². The van der Waals surface area contributed by atoms with Crippen LogP contribution >= 0.6 is 11.6 Å². The molecule has 0 amide bonds. The molecule has 0 aromatic carbocycles. The third kappa shape index (κ3) is 2.77. The number of anilines is 1. The van der Waals surface area contributed by atoms with E-state index in [0.717, 1.165) is 6.54 Å². The van der Waals surface area contributed by atoms with E-state index in [4.69, 9.17) is 11.6 Å². The van der Waals surface area contributed by atoms with E-state index in [0.29, 0.717) is 5.69 Å². The molecule has 1 saturated carbocycles. The highest BCUT2D eigenvalue weighted by atomic mass is 35.5. The van der Waals surface area contributed by atoms with Crippen LogP contribution in [0.3, 0.4) is 0 Å². The van der Waals surface area contributed by atoms with Gasteiger partial charge in [-0.05, 0) is 26.9 Å². The molecule has 1 fully saturated rings. The summed E-state index contributed by atoms with van der Waals surface area (Å²) in [5, 5.41) is 7.50. The number of aryl methyl sites for hydroxylation is 1. The predicted octanol–water partition coefficient (Wildman–Crippen LogP) is 1.72. The van der Waals surface area contributed by atoms with E-state index in [1.165, 1.54) is 30.4 Å². The third-order valence-corrected chi connectivity index (χ3v) is 4.53. The van der Waals surface area contributed by atoms with Crippen LogP contribution < -0.4 is 10.9 Å². The maximum Gasteiger partial charge on any atom is 0.287 e. The topological polar surface area (TPSA) is 50.2 Å². The number of nitrogens with zero attached hydrogens (tertiary/aromatic N) is 3. The van der Waals surface area contributed by atoms with E-state index >= 15 is 0 Å². The van der Waals surface area contributed by atoms with Crippen LogP contribution in [0.1, 0.15) is 25.7 Å². The molecule has 0 atom stereocenters. The lowest BCUT2D eigenvalue weighted by Crippen LogP contribution is -2.47. The molecule has 0 aliphatic heterocycles. The molecule has 19 heavy (non-hydrogen) atoms. The van der Waals surface area contributed by atoms with E-state index in [1.807, 2.05) is 0 Å². The fourth-order valence-corrected chi connectivity index (χ4v) is 2.95. The number of halogens is 1. The van der Waals surface area contributed by atoms with Gasteiger partial charge in [0.05, 0.1) is 11.9 Å². The minimum atomic E-state index is -0.267. The Morgan fingerprint density at radius 1 is 1.47 bits per heavy atom. The standard InChI is InChI=1S/C13H21ClN4O/c1-17(2)13(6-4-5-7-13)9-15-10-8-16-18(3)12(19)11(10)14/h8,15H,4-7,9H2,1-3H3. The maximum atomic E-state index is 11.7. The van der Waals surface area contributed by atoms with Crippen LogP contribution in [-0.4, -0.2) is 40.9 Å². The summed E-state index contributed by atoms with van der Waals surface area (Å²) in [5.41, 5.74) is 0.514. The highest BCUT2D eigenvalue weighted by molar-refractivity contribution is 6.32. The predicted molar refractivity (Wildman–Crippen MR) is 77.9 cm³/mol. The quantitative estimate of drug-likeness (QED) is 0.915. The Labute approximate surface area is 118 Å². The Kier molecular flexibility index (Phi) is 4.16. The number of hydrogen-bond donors (Lipinski definition) is 1. The van der Waals surface area contributed by atoms with E-state index in [1.54, 1.807) is 13.2 Å². The highest BCUT2D eigenvalue weighted by Gasteiger charge is 2.35. The third-order valence-electron chi connectivity index (χ3n) is 4.17. The Morgan fingerprint density at radius 2 is 2.11 bits per heavy atom. The molecule has 0 radical (unpaired) electrons. The molecule has 1 heterocycles. The number of aromatic nitrogens is 2. The smallest absolute Gasteiger partial charge is 0.287 e. The Balaban J connectivity index is 2.14. The first kappa shape index (κ1) is 14.3. The van der Waals surface area contributed by atoms with Gasteiger partial charge in [0.25, 0.3) is 5.56 Å². The van der Waals surface area contributed by atoms with Crippen molar-refractivity contribution in [1.82, 2.24) is 14.7 Å². The van der Waals surface area contributed by atoms with E-state index in [-0.39, 0.29) is 16.1 Å². The number of rotatable bonds is 4. The lowest BCUT2D eigenvalue weighted by Gasteiger charge is -2.36. The maximum absolute atomic E-state index is 11.7. The molecule has 5 nitrogen and oxygen atoms in total. The van der Waals surface area contributed by atoms with Gasteiger partial charge in [-0.25, -0.2) is 4.68 Å². The normalized spacial score (nSPS) is 17.9. The second kappa shape index (κ2) is 5.51. The molecule has 2 rings (SSSR count). The first-order chi connectivity index (χ1) is 8.96. The zero-order valence-corrected chi connectivity index (χ0v) is 12.5. The highest BCUT2D eigenvalue weighted by Crippen LogP contribution is 2.34. The molecule has 1 N–H and O–H groups in total. The van der Waals surface area contributed by atoms with E-state index in [9.17, 15) is 4.79 Å². The molecule has 0 bridgehead atoms. The zero-order chi connectivity index (χ0) is 14.0. The molecular formula is C13H21ClN4O. The SMILES string of the molecule is CN(C)C1(CNc2cnn(C)c(=O)c2Cl)CCCC1. The molecule has 0 saturated heterocycles. The van der Waals surface area contributed by atoms with Crippen molar-refractivity contribution in [3.8, 4) is 0 Å². The van der Waals surface area contributed by atoms with E-state index in [2.05, 4.69) is 29.4 Å². The molecule has 1 aromatic rings. The lowest BCUT2D eigenvalue weighted by atomic mass is 9.96. The average molecular weight is 285 g/mol. The Bertz CT molecular complexity index is 506. The molecule has 1 aliphatic carbocycles. The first-order valence-electron chi connectivity index (χ1n) is 6.59. The van der Waals surface area contributed by atoms with Gasteiger partial charge in [0.2, 0.25) is 0 Å². The van der Waals surface area contributed by atoms with Gasteiger partial charge in [0.15, 0.2) is 0 Å². The summed E-state index contributed by atoms with van der Waals surface area (Å²) in [4.78, 5) is 14.0. The molecule has 0 unspecified atom stereocenters. The first-order valence-corrected chi connectivity index (χ1v) is 6.97. The fraction of sp³-hybridized carbons (Fsp3) is 0.692. The summed E-state index contributed by atoms with van der Waals surface area (Å²) in [5.74, 6) is 0. The minimum absolute atomic E-state index is 0.157. The van der Waals surface area contributed by atoms with Crippen molar-refractivity contribution in [2.75, 3.05) is 26.0 Å². The van der Waals surface area contributed by atoms with Gasteiger partial charge < -0.3 is 10.2 Å². The van der Waals surface area contributed by atoms with Crippen molar-refractivity contribution in [3.05, 3.63) is 21.6 Å². The molecule has 1 aliphatic rings. The minimum Gasteiger partial charge on any atom is -0.381 e. The lowest BCUT2D eigenvalue weighted by molar-refractivity contribution is 0.172. The van der Waals surface area contributed by atoms with Gasteiger partial charge in [-0.2, -0.15) is 5.10 Å². The largest absolute Gasteiger partial charge is 0.381 e. The molecule has 1 aromatic heterocycles. The van der Waals surface area contributed by atoms with Gasteiger partial charge >= 0.3 is 0 Å². The van der Waals surface area contributed by atoms with Gasteiger partial charge in [-0.1, -0.05) is 24.4 Å². The average Bonchev–Trinajstić information content (AvgIpc) is 2.85. The molecule has 106 valence electrons. The van der Waals surface area contributed by atoms with Crippen molar-refractivity contribution in [2.45, 2.75) is 31.2 Å². The van der Waals surface area contributed by atoms with Crippen LogP contribution in [-0.2, 0) is 7.05 Å². The summed E-state index contributed by atoms with van der Waals surface area (Å²) in [6, 6.07) is 0. The molecular weight excluding hydrogens is 264 g/mol. The molecule has 0 spiro atoms. The molecule has 6 heteroatoms. The van der Waals surface area contributed by atoms with Crippen molar-refractivity contribution in [2.24, 2.45) is 7.05 Å². The van der Waals surface area contributed by atoms with Crippen LogP contribution in [0.4, 0.5) is 5.69 Å². The van der Waals surface area contributed by atoms with Gasteiger partial charge in [0, 0.05) is 19.1 Å². The monoisotopic (exact) mass is 284 g/mol. The van der Waals surface area contributed by atoms with Gasteiger partial charge in [0.1, 0.15) is 5.02 Å². The van der Waals surface area contributed by atoms with Gasteiger partial charge in [-0.15, -0.1) is 0 Å². The van der Waals surface area contributed by atoms with Gasteiger partial charge in [-0.3, -0.25) is 4.79 Å². The van der Waals surface area contributed by atoms with Crippen LogP contribution in [0, 0.1) is 0 Å². The number of likely N-dealkylation sites (N-methyl/N-ethyl adjacent to an activating group) is 1.